The van der Waals surface area contributed by atoms with Gasteiger partial charge in [-0.15, -0.1) is 5.10 Å². The van der Waals surface area contributed by atoms with Gasteiger partial charge in [-0.05, 0) is 60.4 Å². The highest BCUT2D eigenvalue weighted by molar-refractivity contribution is 5.78. The predicted molar refractivity (Wildman–Crippen MR) is 123 cm³/mol. The monoisotopic (exact) mass is 465 g/mol. The molecule has 3 heterocycles. The zero-order valence-electron chi connectivity index (χ0n) is 18.4. The van der Waals surface area contributed by atoms with E-state index in [4.69, 9.17) is 4.42 Å². The lowest BCUT2D eigenvalue weighted by Gasteiger charge is -2.14. The maximum Gasteiger partial charge on any atom is 0.318 e. The first-order chi connectivity index (χ1) is 16.5. The number of hydrogen-bond acceptors (Lipinski definition) is 6. The molecule has 2 aromatic carbocycles. The van der Waals surface area contributed by atoms with Gasteiger partial charge in [0.15, 0.2) is 11.6 Å². The van der Waals surface area contributed by atoms with E-state index in [1.165, 1.54) is 23.8 Å². The van der Waals surface area contributed by atoms with Crippen molar-refractivity contribution in [2.75, 3.05) is 23.3 Å². The van der Waals surface area contributed by atoms with Crippen LogP contribution in [0.25, 0.3) is 11.5 Å². The van der Waals surface area contributed by atoms with Gasteiger partial charge in [0.25, 0.3) is 5.89 Å². The number of nitrogens with one attached hydrogen (secondary N) is 1. The molecule has 0 spiro atoms. The molecule has 1 fully saturated rings. The number of aryl methyl sites for hydroxylation is 1. The van der Waals surface area contributed by atoms with E-state index in [1.54, 1.807) is 18.5 Å². The minimum atomic E-state index is -1.16. The summed E-state index contributed by atoms with van der Waals surface area (Å²) < 4.78 is 49.2. The summed E-state index contributed by atoms with van der Waals surface area (Å²) in [6.07, 6.45) is 5.09. The summed E-state index contributed by atoms with van der Waals surface area (Å²) in [7, 11) is 0. The van der Waals surface area contributed by atoms with Crippen LogP contribution >= 0.6 is 0 Å². The summed E-state index contributed by atoms with van der Waals surface area (Å²) >= 11 is 0. The molecule has 1 N–H and O–H groups in total. The van der Waals surface area contributed by atoms with Crippen LogP contribution in [-0.4, -0.2) is 28.3 Å². The molecule has 4 aromatic rings. The van der Waals surface area contributed by atoms with E-state index < -0.39 is 17.5 Å². The third-order valence-electron chi connectivity index (χ3n) is 6.08. The lowest BCUT2D eigenvalue weighted by atomic mass is 10.00. The Labute approximate surface area is 194 Å². The second kappa shape index (κ2) is 9.17. The Morgan fingerprint density at radius 3 is 2.62 bits per heavy atom. The first-order valence-corrected chi connectivity index (χ1v) is 11.1. The molecular formula is C25H22F3N5O. The summed E-state index contributed by atoms with van der Waals surface area (Å²) in [5.41, 5.74) is 1.86. The van der Waals surface area contributed by atoms with E-state index in [0.717, 1.165) is 18.1 Å². The number of nitrogens with zero attached hydrogens (tertiary/aromatic N) is 4. The minimum Gasteiger partial charge on any atom is -0.403 e. The van der Waals surface area contributed by atoms with Gasteiger partial charge < -0.3 is 14.6 Å². The van der Waals surface area contributed by atoms with Crippen molar-refractivity contribution in [1.82, 2.24) is 15.2 Å². The van der Waals surface area contributed by atoms with Gasteiger partial charge >= 0.3 is 6.01 Å². The topological polar surface area (TPSA) is 67.1 Å². The van der Waals surface area contributed by atoms with Crippen LogP contribution in [0.15, 0.2) is 59.3 Å². The molecular weight excluding hydrogens is 443 g/mol. The fraction of sp³-hybridized carbons (Fsp3) is 0.240. The van der Waals surface area contributed by atoms with E-state index >= 15 is 0 Å². The lowest BCUT2D eigenvalue weighted by molar-refractivity contribution is 0.510. The van der Waals surface area contributed by atoms with E-state index in [-0.39, 0.29) is 22.8 Å². The summed E-state index contributed by atoms with van der Waals surface area (Å²) in [6.45, 7) is 3.30. The predicted octanol–water partition coefficient (Wildman–Crippen LogP) is 5.85. The Morgan fingerprint density at radius 1 is 1.03 bits per heavy atom. The van der Waals surface area contributed by atoms with Crippen LogP contribution in [-0.2, 0) is 6.42 Å². The quantitative estimate of drug-likeness (QED) is 0.385. The van der Waals surface area contributed by atoms with Crippen molar-refractivity contribution < 1.29 is 17.6 Å². The maximum absolute atomic E-state index is 14.8. The average molecular weight is 465 g/mol. The Balaban J connectivity index is 1.42. The average Bonchev–Trinajstić information content (AvgIpc) is 3.54. The lowest BCUT2D eigenvalue weighted by Crippen LogP contribution is -2.19. The molecule has 1 unspecified atom stereocenters. The molecule has 0 radical (unpaired) electrons. The van der Waals surface area contributed by atoms with Gasteiger partial charge in [0, 0.05) is 31.4 Å². The van der Waals surface area contributed by atoms with Crippen LogP contribution < -0.4 is 10.2 Å². The molecule has 174 valence electrons. The Bertz CT molecular complexity index is 1310. The maximum atomic E-state index is 14.8. The van der Waals surface area contributed by atoms with Crippen molar-refractivity contribution in [2.45, 2.75) is 25.7 Å². The summed E-state index contributed by atoms with van der Waals surface area (Å²) in [6, 6.07) is 11.1. The minimum absolute atomic E-state index is 0.00866. The molecule has 6 nitrogen and oxygen atoms in total. The number of aromatic nitrogens is 3. The van der Waals surface area contributed by atoms with Crippen molar-refractivity contribution in [3.8, 4) is 11.5 Å². The molecule has 0 saturated carbocycles. The third kappa shape index (κ3) is 4.21. The van der Waals surface area contributed by atoms with Gasteiger partial charge in [0.2, 0.25) is 0 Å². The molecule has 34 heavy (non-hydrogen) atoms. The molecule has 1 aliphatic rings. The smallest absolute Gasteiger partial charge is 0.318 e. The van der Waals surface area contributed by atoms with Crippen LogP contribution in [0.3, 0.4) is 0 Å². The highest BCUT2D eigenvalue weighted by Gasteiger charge is 2.28. The van der Waals surface area contributed by atoms with Gasteiger partial charge in [-0.3, -0.25) is 4.98 Å². The van der Waals surface area contributed by atoms with E-state index in [9.17, 15) is 13.2 Å². The van der Waals surface area contributed by atoms with Crippen LogP contribution in [0.1, 0.15) is 30.4 Å². The van der Waals surface area contributed by atoms with Crippen LogP contribution in [0.5, 0.6) is 0 Å². The SMILES string of the molecule is CCc1ccc(Nc2c(-c3nnc(N4CCC(c5ccncc5)C4)o3)ccc(F)c2F)c(F)c1. The number of hydrogen-bond donors (Lipinski definition) is 1. The second-order valence-corrected chi connectivity index (χ2v) is 8.18. The molecule has 5 rings (SSSR count). The van der Waals surface area contributed by atoms with Gasteiger partial charge in [0.1, 0.15) is 5.82 Å². The standard InChI is InChI=1S/C25H22F3N5O/c1-2-15-3-6-21(20(27)13-15)30-23-18(4-5-19(26)22(23)28)24-31-32-25(34-24)33-12-9-17(14-33)16-7-10-29-11-8-16/h3-8,10-11,13,17,30H,2,9,12,14H2,1H3. The zero-order chi connectivity index (χ0) is 23.7. The molecule has 9 heteroatoms. The molecule has 1 atom stereocenters. The van der Waals surface area contributed by atoms with Gasteiger partial charge in [-0.25, -0.2) is 13.2 Å². The number of anilines is 3. The van der Waals surface area contributed by atoms with Crippen molar-refractivity contribution in [2.24, 2.45) is 0 Å². The Hall–Kier alpha value is -3.88. The third-order valence-corrected chi connectivity index (χ3v) is 6.08. The van der Waals surface area contributed by atoms with Gasteiger partial charge in [-0.1, -0.05) is 18.1 Å². The number of pyridine rings is 1. The fourth-order valence-electron chi connectivity index (χ4n) is 4.16. The highest BCUT2D eigenvalue weighted by atomic mass is 19.2. The van der Waals surface area contributed by atoms with E-state index in [2.05, 4.69) is 20.5 Å². The first kappa shape index (κ1) is 21.9. The highest BCUT2D eigenvalue weighted by Crippen LogP contribution is 2.36. The van der Waals surface area contributed by atoms with Crippen LogP contribution in [0, 0.1) is 17.5 Å². The molecule has 0 bridgehead atoms. The molecule has 2 aromatic heterocycles. The van der Waals surface area contributed by atoms with E-state index in [0.29, 0.717) is 31.4 Å². The molecule has 1 aliphatic heterocycles. The number of benzene rings is 2. The fourth-order valence-corrected chi connectivity index (χ4v) is 4.16. The van der Waals surface area contributed by atoms with Gasteiger partial charge in [-0.2, -0.15) is 0 Å². The normalized spacial score (nSPS) is 15.6. The zero-order valence-corrected chi connectivity index (χ0v) is 18.4. The Kier molecular flexibility index (Phi) is 5.91. The molecule has 0 aliphatic carbocycles. The largest absolute Gasteiger partial charge is 0.403 e. The number of halogens is 3. The summed E-state index contributed by atoms with van der Waals surface area (Å²) in [4.78, 5) is 6.01. The summed E-state index contributed by atoms with van der Waals surface area (Å²) in [5, 5.41) is 10.9. The molecule has 1 saturated heterocycles. The van der Waals surface area contributed by atoms with Crippen molar-refractivity contribution >= 4 is 17.4 Å². The van der Waals surface area contributed by atoms with Crippen molar-refractivity contribution in [3.05, 3.63) is 83.4 Å². The van der Waals surface area contributed by atoms with Crippen molar-refractivity contribution in [3.63, 3.8) is 0 Å². The Morgan fingerprint density at radius 2 is 1.85 bits per heavy atom. The second-order valence-electron chi connectivity index (χ2n) is 8.18. The van der Waals surface area contributed by atoms with E-state index in [1.807, 2.05) is 24.0 Å². The van der Waals surface area contributed by atoms with Crippen LogP contribution in [0.4, 0.5) is 30.6 Å². The van der Waals surface area contributed by atoms with Crippen molar-refractivity contribution in [1.29, 1.82) is 0 Å². The number of rotatable bonds is 6. The van der Waals surface area contributed by atoms with Crippen LogP contribution in [0.2, 0.25) is 0 Å². The molecule has 0 amide bonds. The first-order valence-electron chi connectivity index (χ1n) is 11.1. The summed E-state index contributed by atoms with van der Waals surface area (Å²) in [5.74, 6) is -2.49. The van der Waals surface area contributed by atoms with Gasteiger partial charge in [0.05, 0.1) is 16.9 Å².